The van der Waals surface area contributed by atoms with Crippen molar-refractivity contribution in [2.24, 2.45) is 0 Å². The van der Waals surface area contributed by atoms with Gasteiger partial charge in [-0.05, 0) is 40.9 Å². The standard InChI is InChI=1S/C12H17BrN2O2/c1-3-12(4-2,8-16)15-11(17)10-6-5-9(13)7-14-10/h5-7,16H,3-4,8H2,1-2H3,(H,15,17). The van der Waals surface area contributed by atoms with Gasteiger partial charge in [0.1, 0.15) is 5.69 Å². The van der Waals surface area contributed by atoms with Crippen molar-refractivity contribution < 1.29 is 9.90 Å². The lowest BCUT2D eigenvalue weighted by atomic mass is 9.93. The molecule has 0 saturated heterocycles. The zero-order chi connectivity index (χ0) is 12.9. The van der Waals surface area contributed by atoms with Gasteiger partial charge in [-0.2, -0.15) is 0 Å². The van der Waals surface area contributed by atoms with Crippen molar-refractivity contribution in [1.82, 2.24) is 10.3 Å². The Kier molecular flexibility index (Phi) is 5.08. The Labute approximate surface area is 110 Å². The maximum atomic E-state index is 11.9. The molecule has 2 N–H and O–H groups in total. The molecule has 0 atom stereocenters. The van der Waals surface area contributed by atoms with Gasteiger partial charge in [0.25, 0.3) is 5.91 Å². The van der Waals surface area contributed by atoms with E-state index in [1.807, 2.05) is 13.8 Å². The molecule has 1 aromatic heterocycles. The quantitative estimate of drug-likeness (QED) is 0.875. The van der Waals surface area contributed by atoms with Crippen molar-refractivity contribution in [2.45, 2.75) is 32.2 Å². The first-order chi connectivity index (χ1) is 8.06. The summed E-state index contributed by atoms with van der Waals surface area (Å²) in [5.74, 6) is -0.254. The molecule has 0 unspecified atom stereocenters. The van der Waals surface area contributed by atoms with Crippen LogP contribution >= 0.6 is 15.9 Å². The van der Waals surface area contributed by atoms with Crippen LogP contribution in [0.4, 0.5) is 0 Å². The van der Waals surface area contributed by atoms with Crippen LogP contribution in [-0.4, -0.2) is 28.1 Å². The van der Waals surface area contributed by atoms with Gasteiger partial charge in [0.05, 0.1) is 12.1 Å². The molecule has 0 aliphatic heterocycles. The number of carbonyl (C=O) groups excluding carboxylic acids is 1. The van der Waals surface area contributed by atoms with E-state index >= 15 is 0 Å². The normalized spacial score (nSPS) is 11.3. The Morgan fingerprint density at radius 1 is 1.47 bits per heavy atom. The van der Waals surface area contributed by atoms with Crippen molar-refractivity contribution in [3.05, 3.63) is 28.5 Å². The third-order valence-corrected chi connectivity index (χ3v) is 3.46. The Balaban J connectivity index is 2.81. The Morgan fingerprint density at radius 2 is 2.12 bits per heavy atom. The van der Waals surface area contributed by atoms with Crippen molar-refractivity contribution in [1.29, 1.82) is 0 Å². The van der Waals surface area contributed by atoms with Crippen LogP contribution in [0.25, 0.3) is 0 Å². The molecule has 1 aromatic rings. The minimum absolute atomic E-state index is 0.0672. The predicted molar refractivity (Wildman–Crippen MR) is 69.8 cm³/mol. The van der Waals surface area contributed by atoms with Crippen LogP contribution < -0.4 is 5.32 Å². The van der Waals surface area contributed by atoms with Crippen LogP contribution in [0.15, 0.2) is 22.8 Å². The highest BCUT2D eigenvalue weighted by atomic mass is 79.9. The molecule has 0 fully saturated rings. The first kappa shape index (κ1) is 14.1. The molecule has 1 amide bonds. The van der Waals surface area contributed by atoms with Gasteiger partial charge in [-0.1, -0.05) is 13.8 Å². The van der Waals surface area contributed by atoms with E-state index < -0.39 is 5.54 Å². The number of nitrogens with one attached hydrogen (secondary N) is 1. The number of amides is 1. The lowest BCUT2D eigenvalue weighted by molar-refractivity contribution is 0.0813. The van der Waals surface area contributed by atoms with E-state index in [9.17, 15) is 9.90 Å². The summed E-state index contributed by atoms with van der Waals surface area (Å²) in [7, 11) is 0. The average Bonchev–Trinajstić information content (AvgIpc) is 2.37. The molecule has 17 heavy (non-hydrogen) atoms. The van der Waals surface area contributed by atoms with E-state index in [0.717, 1.165) is 4.47 Å². The number of halogens is 1. The van der Waals surface area contributed by atoms with Crippen LogP contribution in [0.1, 0.15) is 37.2 Å². The SMILES string of the molecule is CCC(CC)(CO)NC(=O)c1ccc(Br)cn1. The number of carbonyl (C=O) groups is 1. The number of aliphatic hydroxyl groups is 1. The van der Waals surface area contributed by atoms with Gasteiger partial charge >= 0.3 is 0 Å². The third-order valence-electron chi connectivity index (χ3n) is 2.99. The molecule has 0 spiro atoms. The molecule has 94 valence electrons. The number of hydrogen-bond donors (Lipinski definition) is 2. The molecule has 0 aliphatic rings. The second kappa shape index (κ2) is 6.12. The summed E-state index contributed by atoms with van der Waals surface area (Å²) >= 11 is 3.26. The number of rotatable bonds is 5. The highest BCUT2D eigenvalue weighted by Gasteiger charge is 2.27. The Morgan fingerprint density at radius 3 is 2.53 bits per heavy atom. The van der Waals surface area contributed by atoms with Crippen molar-refractivity contribution in [3.8, 4) is 0 Å². The first-order valence-corrected chi connectivity index (χ1v) is 6.41. The van der Waals surface area contributed by atoms with E-state index in [1.165, 1.54) is 0 Å². The minimum atomic E-state index is -0.550. The summed E-state index contributed by atoms with van der Waals surface area (Å²) < 4.78 is 0.827. The van der Waals surface area contributed by atoms with E-state index in [4.69, 9.17) is 0 Å². The first-order valence-electron chi connectivity index (χ1n) is 5.62. The molecule has 0 radical (unpaired) electrons. The molecule has 0 bridgehead atoms. The van der Waals surface area contributed by atoms with Crippen molar-refractivity contribution in [3.63, 3.8) is 0 Å². The van der Waals surface area contributed by atoms with E-state index in [2.05, 4.69) is 26.2 Å². The number of nitrogens with zero attached hydrogens (tertiary/aromatic N) is 1. The molecule has 1 rings (SSSR count). The smallest absolute Gasteiger partial charge is 0.270 e. The van der Waals surface area contributed by atoms with Crippen LogP contribution in [-0.2, 0) is 0 Å². The second-order valence-corrected chi connectivity index (χ2v) is 4.88. The lowest BCUT2D eigenvalue weighted by Gasteiger charge is -2.30. The van der Waals surface area contributed by atoms with E-state index in [1.54, 1.807) is 18.3 Å². The van der Waals surface area contributed by atoms with Gasteiger partial charge in [0, 0.05) is 10.7 Å². The fourth-order valence-electron chi connectivity index (χ4n) is 1.50. The number of aromatic nitrogens is 1. The fourth-order valence-corrected chi connectivity index (χ4v) is 1.74. The Hall–Kier alpha value is -0.940. The summed E-state index contributed by atoms with van der Waals surface area (Å²) in [6.45, 7) is 3.81. The molecular weight excluding hydrogens is 284 g/mol. The molecule has 0 aliphatic carbocycles. The van der Waals surface area contributed by atoms with E-state index in [-0.39, 0.29) is 12.5 Å². The monoisotopic (exact) mass is 300 g/mol. The second-order valence-electron chi connectivity index (χ2n) is 3.96. The average molecular weight is 301 g/mol. The fraction of sp³-hybridized carbons (Fsp3) is 0.500. The highest BCUT2D eigenvalue weighted by molar-refractivity contribution is 9.10. The summed E-state index contributed by atoms with van der Waals surface area (Å²) in [5, 5.41) is 12.2. The summed E-state index contributed by atoms with van der Waals surface area (Å²) in [6.07, 6.45) is 2.94. The zero-order valence-electron chi connectivity index (χ0n) is 10.0. The molecule has 5 heteroatoms. The summed E-state index contributed by atoms with van der Waals surface area (Å²) in [5.41, 5.74) is -0.195. The van der Waals surface area contributed by atoms with E-state index in [0.29, 0.717) is 18.5 Å². The van der Waals surface area contributed by atoms with Gasteiger partial charge in [-0.25, -0.2) is 4.98 Å². The van der Waals surface area contributed by atoms with Crippen LogP contribution in [0.3, 0.4) is 0 Å². The van der Waals surface area contributed by atoms with Gasteiger partial charge < -0.3 is 10.4 Å². The molecule has 4 nitrogen and oxygen atoms in total. The number of aliphatic hydroxyl groups excluding tert-OH is 1. The molecular formula is C12H17BrN2O2. The third kappa shape index (κ3) is 3.51. The van der Waals surface area contributed by atoms with Crippen LogP contribution in [0.2, 0.25) is 0 Å². The van der Waals surface area contributed by atoms with Crippen LogP contribution in [0.5, 0.6) is 0 Å². The topological polar surface area (TPSA) is 62.2 Å². The van der Waals surface area contributed by atoms with Gasteiger partial charge in [0.2, 0.25) is 0 Å². The minimum Gasteiger partial charge on any atom is -0.394 e. The predicted octanol–water partition coefficient (Wildman–Crippen LogP) is 2.12. The summed E-state index contributed by atoms with van der Waals surface area (Å²) in [4.78, 5) is 16.0. The van der Waals surface area contributed by atoms with Crippen LogP contribution in [0, 0.1) is 0 Å². The van der Waals surface area contributed by atoms with Crippen molar-refractivity contribution >= 4 is 21.8 Å². The highest BCUT2D eigenvalue weighted by Crippen LogP contribution is 2.15. The lowest BCUT2D eigenvalue weighted by Crippen LogP contribution is -2.50. The van der Waals surface area contributed by atoms with Crippen molar-refractivity contribution in [2.75, 3.05) is 6.61 Å². The largest absolute Gasteiger partial charge is 0.394 e. The zero-order valence-corrected chi connectivity index (χ0v) is 11.6. The van der Waals surface area contributed by atoms with Gasteiger partial charge in [0.15, 0.2) is 0 Å². The van der Waals surface area contributed by atoms with Gasteiger partial charge in [-0.15, -0.1) is 0 Å². The maximum Gasteiger partial charge on any atom is 0.270 e. The molecule has 0 saturated carbocycles. The maximum absolute atomic E-state index is 11.9. The summed E-state index contributed by atoms with van der Waals surface area (Å²) in [6, 6.07) is 3.41. The molecule has 1 heterocycles. The number of hydrogen-bond acceptors (Lipinski definition) is 3. The number of pyridine rings is 1. The van der Waals surface area contributed by atoms with Gasteiger partial charge in [-0.3, -0.25) is 4.79 Å². The Bertz CT molecular complexity index is 366. The molecule has 0 aromatic carbocycles.